The van der Waals surface area contributed by atoms with E-state index in [1.807, 2.05) is 25.2 Å². The lowest BCUT2D eigenvalue weighted by molar-refractivity contribution is 0.413. The summed E-state index contributed by atoms with van der Waals surface area (Å²) in [5.74, 6) is 1.24. The molecular formula is C19H19ClN2O. The van der Waals surface area contributed by atoms with Crippen LogP contribution in [0.1, 0.15) is 35.1 Å². The zero-order valence-corrected chi connectivity index (χ0v) is 13.9. The highest BCUT2D eigenvalue weighted by Crippen LogP contribution is 2.47. The monoisotopic (exact) mass is 326 g/mol. The minimum Gasteiger partial charge on any atom is -0.497 e. The molecule has 0 saturated carbocycles. The van der Waals surface area contributed by atoms with Gasteiger partial charge in [0.05, 0.1) is 12.1 Å². The van der Waals surface area contributed by atoms with Crippen molar-refractivity contribution in [1.82, 2.24) is 10.3 Å². The number of methoxy groups -OCH3 is 1. The zero-order chi connectivity index (χ0) is 16.0. The van der Waals surface area contributed by atoms with E-state index in [-0.39, 0.29) is 0 Å². The number of H-pyrrole nitrogens is 1. The molecule has 2 atom stereocenters. The molecule has 0 spiro atoms. The molecule has 0 fully saturated rings. The number of halogens is 1. The fourth-order valence-corrected chi connectivity index (χ4v) is 4.08. The van der Waals surface area contributed by atoms with E-state index in [0.29, 0.717) is 12.0 Å². The molecule has 4 rings (SSSR count). The fourth-order valence-electron chi connectivity index (χ4n) is 3.80. The predicted molar refractivity (Wildman–Crippen MR) is 94.6 cm³/mol. The second-order valence-electron chi connectivity index (χ2n) is 6.03. The Hall–Kier alpha value is -1.97. The van der Waals surface area contributed by atoms with Crippen molar-refractivity contribution in [2.75, 3.05) is 14.2 Å². The first kappa shape index (κ1) is 14.6. The smallest absolute Gasteiger partial charge is 0.119 e. The summed E-state index contributed by atoms with van der Waals surface area (Å²) in [6.07, 6.45) is 3.13. The Morgan fingerprint density at radius 1 is 1.17 bits per heavy atom. The second-order valence-corrected chi connectivity index (χ2v) is 6.44. The number of benzene rings is 2. The quantitative estimate of drug-likeness (QED) is 0.736. The summed E-state index contributed by atoms with van der Waals surface area (Å²) < 4.78 is 5.39. The highest BCUT2D eigenvalue weighted by Gasteiger charge is 2.33. The van der Waals surface area contributed by atoms with Crippen LogP contribution in [-0.4, -0.2) is 19.1 Å². The first-order chi connectivity index (χ1) is 11.2. The average molecular weight is 327 g/mol. The molecule has 0 aliphatic heterocycles. The van der Waals surface area contributed by atoms with Crippen LogP contribution in [0, 0.1) is 0 Å². The van der Waals surface area contributed by atoms with Gasteiger partial charge in [0.2, 0.25) is 0 Å². The van der Waals surface area contributed by atoms with Gasteiger partial charge in [-0.05, 0) is 54.4 Å². The largest absolute Gasteiger partial charge is 0.497 e. The van der Waals surface area contributed by atoms with Crippen LogP contribution in [0.4, 0.5) is 0 Å². The first-order valence-corrected chi connectivity index (χ1v) is 8.21. The Bertz CT molecular complexity index is 871. The first-order valence-electron chi connectivity index (χ1n) is 7.83. The number of nitrogens with one attached hydrogen (secondary N) is 2. The topological polar surface area (TPSA) is 37.0 Å². The summed E-state index contributed by atoms with van der Waals surface area (Å²) in [4.78, 5) is 3.36. The van der Waals surface area contributed by atoms with Crippen molar-refractivity contribution in [3.8, 4) is 5.75 Å². The van der Waals surface area contributed by atoms with Gasteiger partial charge in [-0.2, -0.15) is 0 Å². The summed E-state index contributed by atoms with van der Waals surface area (Å²) in [5.41, 5.74) is 5.04. The van der Waals surface area contributed by atoms with Crippen LogP contribution in [0.5, 0.6) is 5.75 Å². The Morgan fingerprint density at radius 2 is 2.04 bits per heavy atom. The molecule has 1 aliphatic carbocycles. The van der Waals surface area contributed by atoms with Crippen molar-refractivity contribution >= 4 is 22.5 Å². The van der Waals surface area contributed by atoms with Gasteiger partial charge in [-0.15, -0.1) is 0 Å². The molecule has 118 valence electrons. The molecule has 0 radical (unpaired) electrons. The van der Waals surface area contributed by atoms with Gasteiger partial charge in [-0.3, -0.25) is 0 Å². The molecule has 0 bridgehead atoms. The molecule has 0 amide bonds. The van der Waals surface area contributed by atoms with E-state index in [1.165, 1.54) is 16.7 Å². The summed E-state index contributed by atoms with van der Waals surface area (Å²) in [6, 6.07) is 12.7. The van der Waals surface area contributed by atoms with Crippen molar-refractivity contribution in [3.05, 3.63) is 64.3 Å². The fraction of sp³-hybridized carbons (Fsp3) is 0.263. The van der Waals surface area contributed by atoms with Gasteiger partial charge in [-0.1, -0.05) is 23.7 Å². The Kier molecular flexibility index (Phi) is 3.55. The Morgan fingerprint density at radius 3 is 2.83 bits per heavy atom. The average Bonchev–Trinajstić information content (AvgIpc) is 3.16. The predicted octanol–water partition coefficient (Wildman–Crippen LogP) is 4.63. The second kappa shape index (κ2) is 5.59. The van der Waals surface area contributed by atoms with E-state index in [0.717, 1.165) is 28.1 Å². The van der Waals surface area contributed by atoms with Gasteiger partial charge in [0.1, 0.15) is 5.75 Å². The van der Waals surface area contributed by atoms with Crippen LogP contribution < -0.4 is 10.1 Å². The molecule has 2 unspecified atom stereocenters. The van der Waals surface area contributed by atoms with E-state index in [4.69, 9.17) is 16.3 Å². The molecule has 1 aromatic heterocycles. The number of aromatic amines is 1. The minimum absolute atomic E-state index is 0.331. The third-order valence-electron chi connectivity index (χ3n) is 4.93. The number of fused-ring (bicyclic) bond motifs is 2. The van der Waals surface area contributed by atoms with E-state index in [9.17, 15) is 0 Å². The highest BCUT2D eigenvalue weighted by molar-refractivity contribution is 6.35. The lowest BCUT2D eigenvalue weighted by Crippen LogP contribution is -2.13. The zero-order valence-electron chi connectivity index (χ0n) is 13.2. The van der Waals surface area contributed by atoms with Gasteiger partial charge < -0.3 is 15.0 Å². The van der Waals surface area contributed by atoms with E-state index in [2.05, 4.69) is 34.7 Å². The van der Waals surface area contributed by atoms with Crippen LogP contribution >= 0.6 is 11.6 Å². The van der Waals surface area contributed by atoms with Gasteiger partial charge in [-0.25, -0.2) is 0 Å². The van der Waals surface area contributed by atoms with E-state index < -0.39 is 0 Å². The molecule has 3 nitrogen and oxygen atoms in total. The van der Waals surface area contributed by atoms with Gasteiger partial charge in [0.25, 0.3) is 0 Å². The minimum atomic E-state index is 0.331. The van der Waals surface area contributed by atoms with Gasteiger partial charge >= 0.3 is 0 Å². The third-order valence-corrected chi connectivity index (χ3v) is 5.24. The highest BCUT2D eigenvalue weighted by atomic mass is 35.5. The molecule has 3 aromatic rings. The number of hydrogen-bond donors (Lipinski definition) is 2. The molecular weight excluding hydrogens is 308 g/mol. The number of hydrogen-bond acceptors (Lipinski definition) is 2. The molecule has 0 saturated heterocycles. The molecule has 2 aromatic carbocycles. The molecule has 4 heteroatoms. The lowest BCUT2D eigenvalue weighted by atomic mass is 9.92. The van der Waals surface area contributed by atoms with Gasteiger partial charge in [0.15, 0.2) is 0 Å². The summed E-state index contributed by atoms with van der Waals surface area (Å²) in [6.45, 7) is 0. The summed E-state index contributed by atoms with van der Waals surface area (Å²) >= 11 is 6.47. The van der Waals surface area contributed by atoms with Crippen LogP contribution in [-0.2, 0) is 0 Å². The van der Waals surface area contributed by atoms with Crippen LogP contribution in [0.3, 0.4) is 0 Å². The lowest BCUT2D eigenvalue weighted by Gasteiger charge is -2.12. The standard InChI is InChI=1S/C19H19ClN2O/c1-21-18-9-13(12-7-6-11(23-2)8-14(12)18)15-10-22-17-5-3-4-16(20)19(15)17/h3-8,10,13,18,21-22H,9H2,1-2H3. The van der Waals surface area contributed by atoms with Crippen LogP contribution in [0.2, 0.25) is 5.02 Å². The number of rotatable bonds is 3. The number of ether oxygens (including phenoxy) is 1. The Balaban J connectivity index is 1.88. The normalized spacial score (nSPS) is 20.0. The summed E-state index contributed by atoms with van der Waals surface area (Å²) in [7, 11) is 3.72. The molecule has 1 heterocycles. The van der Waals surface area contributed by atoms with E-state index >= 15 is 0 Å². The molecule has 1 aliphatic rings. The maximum atomic E-state index is 6.47. The van der Waals surface area contributed by atoms with Crippen molar-refractivity contribution in [3.63, 3.8) is 0 Å². The SMILES string of the molecule is CNC1CC(c2c[nH]c3cccc(Cl)c23)c2ccc(OC)cc21. The maximum absolute atomic E-state index is 6.47. The van der Waals surface area contributed by atoms with Crippen molar-refractivity contribution in [2.45, 2.75) is 18.4 Å². The van der Waals surface area contributed by atoms with Crippen LogP contribution in [0.25, 0.3) is 10.9 Å². The molecule has 23 heavy (non-hydrogen) atoms. The molecule has 2 N–H and O–H groups in total. The van der Waals surface area contributed by atoms with Crippen molar-refractivity contribution in [1.29, 1.82) is 0 Å². The van der Waals surface area contributed by atoms with Crippen molar-refractivity contribution in [2.24, 2.45) is 0 Å². The summed E-state index contributed by atoms with van der Waals surface area (Å²) in [5, 5.41) is 5.37. The maximum Gasteiger partial charge on any atom is 0.119 e. The van der Waals surface area contributed by atoms with Crippen molar-refractivity contribution < 1.29 is 4.74 Å². The Labute approximate surface area is 140 Å². The van der Waals surface area contributed by atoms with Crippen LogP contribution in [0.15, 0.2) is 42.6 Å². The third kappa shape index (κ3) is 2.23. The van der Waals surface area contributed by atoms with E-state index in [1.54, 1.807) is 7.11 Å². The number of aromatic nitrogens is 1. The van der Waals surface area contributed by atoms with Gasteiger partial charge in [0, 0.05) is 29.1 Å².